The van der Waals surface area contributed by atoms with Gasteiger partial charge in [-0.05, 0) is 63.6 Å². The Morgan fingerprint density at radius 3 is 1.20 bits per heavy atom. The van der Waals surface area contributed by atoms with E-state index in [0.717, 1.165) is 0 Å². The summed E-state index contributed by atoms with van der Waals surface area (Å²) in [6, 6.07) is 2.95. The van der Waals surface area contributed by atoms with Crippen LogP contribution in [0.25, 0.3) is 0 Å². The standard InChI is InChI=1S/C30H38O8Si2/c1-35-23-11-15(37-39(3,4)5)9-21-25(23)29(33)19-14-20-18(13-17(19)27(21)31)28(32)22-10-16(38-40(6,7)8)12-24(36-2)26(22)30(20)34/h11-14,21-26H,9-10H2,1-8H3. The van der Waals surface area contributed by atoms with E-state index in [4.69, 9.17) is 18.3 Å². The van der Waals surface area contributed by atoms with Crippen molar-refractivity contribution in [2.45, 2.75) is 64.3 Å². The number of hydrogen-bond donors (Lipinski definition) is 0. The van der Waals surface area contributed by atoms with E-state index in [2.05, 4.69) is 39.3 Å². The maximum atomic E-state index is 13.9. The average Bonchev–Trinajstić information content (AvgIpc) is 2.86. The molecule has 1 aromatic carbocycles. The molecule has 10 heteroatoms. The first kappa shape index (κ1) is 28.8. The van der Waals surface area contributed by atoms with Gasteiger partial charge in [0.1, 0.15) is 0 Å². The zero-order chi connectivity index (χ0) is 29.3. The molecular weight excluding hydrogens is 544 g/mol. The largest absolute Gasteiger partial charge is 0.547 e. The van der Waals surface area contributed by atoms with Crippen molar-refractivity contribution < 1.29 is 37.5 Å². The first-order valence-corrected chi connectivity index (χ1v) is 20.6. The molecule has 0 spiro atoms. The van der Waals surface area contributed by atoms with Gasteiger partial charge in [0, 0.05) is 61.2 Å². The zero-order valence-corrected chi connectivity index (χ0v) is 26.5. The minimum atomic E-state index is -1.96. The van der Waals surface area contributed by atoms with Gasteiger partial charge in [-0.25, -0.2) is 0 Å². The molecule has 0 aromatic heterocycles. The maximum absolute atomic E-state index is 13.9. The number of ether oxygens (including phenoxy) is 2. The van der Waals surface area contributed by atoms with Crippen LogP contribution in [0.5, 0.6) is 0 Å². The van der Waals surface area contributed by atoms with Crippen LogP contribution in [-0.2, 0) is 18.3 Å². The third-order valence-corrected chi connectivity index (χ3v) is 9.78. The smallest absolute Gasteiger partial charge is 0.241 e. The number of rotatable bonds is 6. The normalized spacial score (nSPS) is 30.0. The molecule has 5 rings (SSSR count). The SMILES string of the molecule is COC1C=C(O[Si](C)(C)C)CC2C(=O)c3cc4c(cc3C(=O)C12)C(=O)C1C(OC)C=C(O[Si](C)(C)C)CC1C4=O. The monoisotopic (exact) mass is 582 g/mol. The van der Waals surface area contributed by atoms with E-state index in [-0.39, 0.29) is 45.4 Å². The fourth-order valence-electron chi connectivity index (χ4n) is 6.57. The summed E-state index contributed by atoms with van der Waals surface area (Å²) >= 11 is 0. The lowest BCUT2D eigenvalue weighted by molar-refractivity contribution is 0.0320. The van der Waals surface area contributed by atoms with Crippen molar-refractivity contribution in [1.82, 2.24) is 0 Å². The second-order valence-electron chi connectivity index (χ2n) is 13.2. The number of benzene rings is 1. The number of carbonyl (C=O) groups is 4. The Bertz CT molecular complexity index is 1260. The van der Waals surface area contributed by atoms with E-state index < -0.39 is 52.5 Å². The minimum absolute atomic E-state index is 0.178. The van der Waals surface area contributed by atoms with Crippen LogP contribution in [-0.4, -0.2) is 66.2 Å². The van der Waals surface area contributed by atoms with Crippen molar-refractivity contribution in [3.8, 4) is 0 Å². The number of Topliss-reactive ketones (excluding diaryl/α,β-unsaturated/α-hetero) is 4. The molecule has 0 fully saturated rings. The Morgan fingerprint density at radius 1 is 0.575 bits per heavy atom. The molecular formula is C30H38O8Si2. The fraction of sp³-hybridized carbons (Fsp3) is 0.533. The summed E-state index contributed by atoms with van der Waals surface area (Å²) in [5.74, 6) is -2.38. The lowest BCUT2D eigenvalue weighted by Crippen LogP contribution is -2.48. The lowest BCUT2D eigenvalue weighted by atomic mass is 9.64. The summed E-state index contributed by atoms with van der Waals surface area (Å²) in [5.41, 5.74) is 0.749. The van der Waals surface area contributed by atoms with Gasteiger partial charge in [0.2, 0.25) is 16.6 Å². The summed E-state index contributed by atoms with van der Waals surface area (Å²) < 4.78 is 23.8. The Kier molecular flexibility index (Phi) is 7.22. The van der Waals surface area contributed by atoms with Crippen molar-refractivity contribution >= 4 is 39.8 Å². The minimum Gasteiger partial charge on any atom is -0.547 e. The van der Waals surface area contributed by atoms with Crippen LogP contribution in [0.3, 0.4) is 0 Å². The molecule has 4 aliphatic rings. The molecule has 6 atom stereocenters. The van der Waals surface area contributed by atoms with Gasteiger partial charge < -0.3 is 18.3 Å². The quantitative estimate of drug-likeness (QED) is 0.421. The Hall–Kier alpha value is -2.67. The van der Waals surface area contributed by atoms with Gasteiger partial charge >= 0.3 is 0 Å². The Labute approximate surface area is 237 Å². The van der Waals surface area contributed by atoms with E-state index in [1.54, 1.807) is 0 Å². The van der Waals surface area contributed by atoms with Gasteiger partial charge in [-0.2, -0.15) is 0 Å². The highest BCUT2D eigenvalue weighted by molar-refractivity contribution is 6.70. The maximum Gasteiger partial charge on any atom is 0.241 e. The predicted molar refractivity (Wildman–Crippen MR) is 154 cm³/mol. The third kappa shape index (κ3) is 4.99. The second kappa shape index (κ2) is 10.0. The summed E-state index contributed by atoms with van der Waals surface area (Å²) in [4.78, 5) is 55.6. The molecule has 214 valence electrons. The Balaban J connectivity index is 1.55. The molecule has 0 amide bonds. The van der Waals surface area contributed by atoms with Crippen molar-refractivity contribution in [3.63, 3.8) is 0 Å². The average molecular weight is 583 g/mol. The van der Waals surface area contributed by atoms with Gasteiger partial charge in [0.05, 0.1) is 35.6 Å². The molecule has 0 radical (unpaired) electrons. The van der Waals surface area contributed by atoms with Crippen LogP contribution in [0.15, 0.2) is 35.8 Å². The number of carbonyl (C=O) groups excluding carboxylic acids is 4. The van der Waals surface area contributed by atoms with Gasteiger partial charge in [-0.3, -0.25) is 19.2 Å². The first-order valence-electron chi connectivity index (χ1n) is 13.8. The van der Waals surface area contributed by atoms with Crippen LogP contribution < -0.4 is 0 Å². The number of ketones is 4. The molecule has 0 heterocycles. The molecule has 0 bridgehead atoms. The topological polar surface area (TPSA) is 105 Å². The molecule has 0 saturated carbocycles. The number of hydrogen-bond acceptors (Lipinski definition) is 8. The third-order valence-electron chi connectivity index (χ3n) is 8.03. The fourth-order valence-corrected chi connectivity index (χ4v) is 8.45. The van der Waals surface area contributed by atoms with Crippen molar-refractivity contribution in [2.75, 3.05) is 14.2 Å². The van der Waals surface area contributed by atoms with Crippen LogP contribution in [0.4, 0.5) is 0 Å². The molecule has 0 saturated heterocycles. The van der Waals surface area contributed by atoms with Gasteiger partial charge in [-0.15, -0.1) is 0 Å². The van der Waals surface area contributed by atoms with Gasteiger partial charge in [0.25, 0.3) is 0 Å². The van der Waals surface area contributed by atoms with Crippen LogP contribution >= 0.6 is 0 Å². The van der Waals surface area contributed by atoms with E-state index in [9.17, 15) is 19.2 Å². The molecule has 6 unspecified atom stereocenters. The molecule has 0 N–H and O–H groups in total. The molecule has 1 aromatic rings. The van der Waals surface area contributed by atoms with Gasteiger partial charge in [-0.1, -0.05) is 0 Å². The van der Waals surface area contributed by atoms with Crippen LogP contribution in [0, 0.1) is 23.7 Å². The van der Waals surface area contributed by atoms with E-state index in [1.807, 2.05) is 12.2 Å². The van der Waals surface area contributed by atoms with Crippen molar-refractivity contribution in [2.24, 2.45) is 23.7 Å². The van der Waals surface area contributed by atoms with E-state index >= 15 is 0 Å². The number of fused-ring (bicyclic) bond motifs is 4. The zero-order valence-electron chi connectivity index (χ0n) is 24.5. The number of methoxy groups -OCH3 is 2. The van der Waals surface area contributed by atoms with Crippen LogP contribution in [0.2, 0.25) is 39.3 Å². The summed E-state index contributed by atoms with van der Waals surface area (Å²) in [6.45, 7) is 12.3. The van der Waals surface area contributed by atoms with Crippen LogP contribution in [0.1, 0.15) is 54.3 Å². The summed E-state index contributed by atoms with van der Waals surface area (Å²) in [5, 5.41) is 0. The highest BCUT2D eigenvalue weighted by Crippen LogP contribution is 2.46. The van der Waals surface area contributed by atoms with Gasteiger partial charge in [0.15, 0.2) is 23.1 Å². The summed E-state index contributed by atoms with van der Waals surface area (Å²) in [7, 11) is -0.896. The van der Waals surface area contributed by atoms with Crippen molar-refractivity contribution in [1.29, 1.82) is 0 Å². The van der Waals surface area contributed by atoms with E-state index in [1.165, 1.54) is 26.4 Å². The molecule has 8 nitrogen and oxygen atoms in total. The second-order valence-corrected chi connectivity index (χ2v) is 22.0. The summed E-state index contributed by atoms with van der Waals surface area (Å²) in [6.07, 6.45) is 2.96. The number of allylic oxidation sites excluding steroid dienone is 2. The lowest BCUT2D eigenvalue weighted by Gasteiger charge is -2.41. The first-order chi connectivity index (χ1) is 18.6. The molecule has 40 heavy (non-hydrogen) atoms. The van der Waals surface area contributed by atoms with E-state index in [0.29, 0.717) is 24.4 Å². The molecule has 0 aliphatic heterocycles. The van der Waals surface area contributed by atoms with Crippen molar-refractivity contribution in [3.05, 3.63) is 58.1 Å². The Morgan fingerprint density at radius 2 is 0.900 bits per heavy atom. The molecule has 4 aliphatic carbocycles. The predicted octanol–water partition coefficient (Wildman–Crippen LogP) is 5.22. The highest BCUT2D eigenvalue weighted by atomic mass is 28.4. The highest BCUT2D eigenvalue weighted by Gasteiger charge is 2.52.